The largest absolute Gasteiger partial charge is 0.460 e. The van der Waals surface area contributed by atoms with Gasteiger partial charge in [0.1, 0.15) is 11.4 Å². The van der Waals surface area contributed by atoms with Gasteiger partial charge in [-0.05, 0) is 70.7 Å². The van der Waals surface area contributed by atoms with Crippen LogP contribution in [-0.4, -0.2) is 38.5 Å². The maximum atomic E-state index is 14.8. The third kappa shape index (κ3) is 9.41. The van der Waals surface area contributed by atoms with Crippen molar-refractivity contribution >= 4 is 23.4 Å². The lowest BCUT2D eigenvalue weighted by Gasteiger charge is -2.31. The second kappa shape index (κ2) is 13.7. The lowest BCUT2D eigenvalue weighted by atomic mass is 10.0. The maximum Gasteiger partial charge on any atom is 0.310 e. The van der Waals surface area contributed by atoms with Gasteiger partial charge in [0.2, 0.25) is 17.4 Å². The van der Waals surface area contributed by atoms with Gasteiger partial charge < -0.3 is 9.26 Å². The Balaban J connectivity index is 2.04. The van der Waals surface area contributed by atoms with Crippen molar-refractivity contribution in [3.05, 3.63) is 102 Å². The molecule has 0 radical (unpaired) electrons. The molecule has 7 nitrogen and oxygen atoms in total. The first kappa shape index (κ1) is 31.8. The van der Waals surface area contributed by atoms with E-state index in [-0.39, 0.29) is 30.5 Å². The molecule has 0 spiro atoms. The molecule has 0 aliphatic heterocycles. The number of carbonyl (C=O) groups is 1. The van der Waals surface area contributed by atoms with Crippen LogP contribution in [0.1, 0.15) is 44.4 Å². The number of esters is 1. The molecule has 0 aromatic heterocycles. The number of ether oxygens (including phenoxy) is 1. The summed E-state index contributed by atoms with van der Waals surface area (Å²) in [5.74, 6) is -2.43. The summed E-state index contributed by atoms with van der Waals surface area (Å²) in [5.41, 5.74) is 1.83. The van der Waals surface area contributed by atoms with E-state index in [1.54, 1.807) is 39.8 Å². The number of hydrogen-bond acceptors (Lipinski definition) is 6. The second-order valence-electron chi connectivity index (χ2n) is 10.9. The first-order chi connectivity index (χ1) is 18.8. The van der Waals surface area contributed by atoms with E-state index in [1.165, 1.54) is 12.1 Å². The number of aryl methyl sites for hydroxylation is 1. The highest BCUT2D eigenvalue weighted by Crippen LogP contribution is 2.54. The van der Waals surface area contributed by atoms with E-state index in [0.29, 0.717) is 0 Å². The molecule has 216 valence electrons. The highest BCUT2D eigenvalue weighted by molar-refractivity contribution is 7.90. The van der Waals surface area contributed by atoms with Crippen LogP contribution < -0.4 is 4.72 Å². The van der Waals surface area contributed by atoms with Crippen molar-refractivity contribution in [2.45, 2.75) is 63.7 Å². The van der Waals surface area contributed by atoms with Crippen molar-refractivity contribution in [3.63, 3.8) is 0 Å². The van der Waals surface area contributed by atoms with Gasteiger partial charge in [-0.2, -0.15) is 4.72 Å². The molecule has 0 aliphatic carbocycles. The summed E-state index contributed by atoms with van der Waals surface area (Å²) in [5, 5.41) is 0. The van der Waals surface area contributed by atoms with Crippen molar-refractivity contribution in [2.75, 3.05) is 12.8 Å². The van der Waals surface area contributed by atoms with Crippen LogP contribution in [-0.2, 0) is 41.5 Å². The lowest BCUT2D eigenvalue weighted by molar-refractivity contribution is -0.159. The van der Waals surface area contributed by atoms with Gasteiger partial charge >= 0.3 is 5.97 Å². The summed E-state index contributed by atoms with van der Waals surface area (Å²) in [7, 11) is -7.88. The van der Waals surface area contributed by atoms with Crippen LogP contribution in [0, 0.1) is 12.8 Å². The molecule has 0 bridgehead atoms. The van der Waals surface area contributed by atoms with Gasteiger partial charge in [-0.3, -0.25) is 9.36 Å². The molecule has 0 saturated heterocycles. The van der Waals surface area contributed by atoms with Crippen LogP contribution in [0.15, 0.2) is 89.8 Å². The van der Waals surface area contributed by atoms with Gasteiger partial charge in [0.25, 0.3) is 0 Å². The average molecular weight is 586 g/mol. The number of carbonyl (C=O) groups excluding carboxylic acids is 1. The Labute approximate surface area is 238 Å². The van der Waals surface area contributed by atoms with Crippen LogP contribution in [0.3, 0.4) is 0 Å². The van der Waals surface area contributed by atoms with E-state index in [0.717, 1.165) is 16.7 Å². The van der Waals surface area contributed by atoms with Crippen LogP contribution in [0.5, 0.6) is 0 Å². The zero-order valence-corrected chi connectivity index (χ0v) is 25.6. The lowest BCUT2D eigenvalue weighted by Crippen LogP contribution is -2.39. The third-order valence-corrected chi connectivity index (χ3v) is 10.8. The number of rotatable bonds is 13. The summed E-state index contributed by atoms with van der Waals surface area (Å²) in [6, 6.07) is 25.1. The molecule has 9 heteroatoms. The summed E-state index contributed by atoms with van der Waals surface area (Å²) < 4.78 is 56.2. The monoisotopic (exact) mass is 585 g/mol. The Hall–Kier alpha value is -2.77. The Morgan fingerprint density at radius 1 is 0.875 bits per heavy atom. The van der Waals surface area contributed by atoms with E-state index in [2.05, 4.69) is 4.72 Å². The highest BCUT2D eigenvalue weighted by atomic mass is 32.2. The van der Waals surface area contributed by atoms with E-state index >= 15 is 0 Å². The Morgan fingerprint density at radius 3 is 1.90 bits per heavy atom. The molecule has 1 N–H and O–H groups in total. The van der Waals surface area contributed by atoms with Crippen molar-refractivity contribution in [2.24, 2.45) is 5.92 Å². The maximum absolute atomic E-state index is 14.8. The Bertz CT molecular complexity index is 1390. The number of hydrogen-bond donors (Lipinski definition) is 1. The fourth-order valence-electron chi connectivity index (χ4n) is 4.36. The molecule has 3 aromatic rings. The van der Waals surface area contributed by atoms with E-state index in [9.17, 15) is 17.8 Å². The summed E-state index contributed by atoms with van der Waals surface area (Å²) in [6.07, 6.45) is 0.212. The average Bonchev–Trinajstić information content (AvgIpc) is 2.88. The molecule has 3 atom stereocenters. The third-order valence-electron chi connectivity index (χ3n) is 6.26. The normalized spacial score (nSPS) is 15.1. The predicted molar refractivity (Wildman–Crippen MR) is 159 cm³/mol. The SMILES string of the molecule is CCOP(=O)(C[C@@H](Cc1ccccc1)C(=O)OC(C)(C)C)[C@H](Cc1ccccc1)NS(=O)(=O)c1ccc(C)cc1. The minimum atomic E-state index is -4.06. The molecule has 0 saturated carbocycles. The summed E-state index contributed by atoms with van der Waals surface area (Å²) >= 11 is 0. The molecule has 3 aromatic carbocycles. The van der Waals surface area contributed by atoms with Gasteiger partial charge in [0.15, 0.2) is 0 Å². The van der Waals surface area contributed by atoms with E-state index < -0.39 is 40.7 Å². The molecule has 40 heavy (non-hydrogen) atoms. The number of sulfonamides is 1. The van der Waals surface area contributed by atoms with E-state index in [1.807, 2.05) is 67.6 Å². The predicted octanol–water partition coefficient (Wildman–Crippen LogP) is 6.36. The summed E-state index contributed by atoms with van der Waals surface area (Å²) in [4.78, 5) is 13.5. The molecule has 0 fully saturated rings. The van der Waals surface area contributed by atoms with E-state index in [4.69, 9.17) is 9.26 Å². The van der Waals surface area contributed by atoms with Crippen molar-refractivity contribution in [1.29, 1.82) is 0 Å². The van der Waals surface area contributed by atoms with Crippen molar-refractivity contribution < 1.29 is 27.0 Å². The van der Waals surface area contributed by atoms with Gasteiger partial charge in [-0.25, -0.2) is 8.42 Å². The fraction of sp³-hybridized carbons (Fsp3) is 0.387. The molecule has 1 unspecified atom stereocenters. The quantitative estimate of drug-likeness (QED) is 0.185. The molecular formula is C31H40NO6PS. The first-order valence-corrected chi connectivity index (χ1v) is 16.8. The Morgan fingerprint density at radius 2 is 1.40 bits per heavy atom. The van der Waals surface area contributed by atoms with Gasteiger partial charge in [-0.15, -0.1) is 0 Å². The van der Waals surface area contributed by atoms with Gasteiger partial charge in [0.05, 0.1) is 17.4 Å². The topological polar surface area (TPSA) is 98.8 Å². The molecule has 3 rings (SSSR count). The first-order valence-electron chi connectivity index (χ1n) is 13.4. The fourth-order valence-corrected chi connectivity index (χ4v) is 8.85. The standard InChI is InChI=1S/C31H40NO6PS/c1-6-37-39(34,23-27(30(33)38-31(3,4)5)21-25-13-9-7-10-14-25)29(22-26-15-11-8-12-16-26)32-40(35,36)28-19-17-24(2)18-20-28/h7-20,27,29,32H,6,21-23H2,1-5H3/t27-,29-,39?/m1/s1. The Kier molecular flexibility index (Phi) is 10.9. The second-order valence-corrected chi connectivity index (χ2v) is 15.3. The van der Waals surface area contributed by atoms with Crippen LogP contribution in [0.4, 0.5) is 0 Å². The van der Waals surface area contributed by atoms with Crippen molar-refractivity contribution in [1.82, 2.24) is 4.72 Å². The highest BCUT2D eigenvalue weighted by Gasteiger charge is 2.42. The minimum absolute atomic E-state index is 0.0622. The van der Waals surface area contributed by atoms with Gasteiger partial charge in [-0.1, -0.05) is 78.4 Å². The number of nitrogens with one attached hydrogen (secondary N) is 1. The van der Waals surface area contributed by atoms with Crippen LogP contribution in [0.25, 0.3) is 0 Å². The summed E-state index contributed by atoms with van der Waals surface area (Å²) in [6.45, 7) is 9.00. The number of benzene rings is 3. The van der Waals surface area contributed by atoms with Crippen molar-refractivity contribution in [3.8, 4) is 0 Å². The minimum Gasteiger partial charge on any atom is -0.460 e. The molecule has 0 aliphatic rings. The zero-order chi connectivity index (χ0) is 29.4. The zero-order valence-electron chi connectivity index (χ0n) is 23.9. The molecular weight excluding hydrogens is 545 g/mol. The van der Waals surface area contributed by atoms with Crippen LogP contribution >= 0.6 is 7.37 Å². The molecule has 0 amide bonds. The van der Waals surface area contributed by atoms with Gasteiger partial charge in [0, 0.05) is 6.16 Å². The smallest absolute Gasteiger partial charge is 0.310 e. The molecule has 0 heterocycles. The van der Waals surface area contributed by atoms with Crippen LogP contribution in [0.2, 0.25) is 0 Å².